The van der Waals surface area contributed by atoms with Crippen LogP contribution in [-0.4, -0.2) is 12.6 Å². The minimum Gasteiger partial charge on any atom is -0.488 e. The molecule has 112 valence electrons. The summed E-state index contributed by atoms with van der Waals surface area (Å²) in [5, 5.41) is 0. The Balaban J connectivity index is 2.19. The Kier molecular flexibility index (Phi) is 3.92. The van der Waals surface area contributed by atoms with E-state index in [9.17, 15) is 9.18 Å². The van der Waals surface area contributed by atoms with E-state index in [4.69, 9.17) is 9.47 Å². The van der Waals surface area contributed by atoms with Gasteiger partial charge in [-0.25, -0.2) is 9.18 Å². The fraction of sp³-hybridized carbons (Fsp3) is 0.167. The minimum absolute atomic E-state index is 0.303. The van der Waals surface area contributed by atoms with Crippen molar-refractivity contribution in [3.63, 3.8) is 0 Å². The van der Waals surface area contributed by atoms with Gasteiger partial charge in [-0.1, -0.05) is 24.3 Å². The van der Waals surface area contributed by atoms with E-state index >= 15 is 0 Å². The molecule has 1 heterocycles. The van der Waals surface area contributed by atoms with Crippen LogP contribution in [0.15, 0.2) is 48.5 Å². The van der Waals surface area contributed by atoms with E-state index in [2.05, 4.69) is 0 Å². The predicted octanol–water partition coefficient (Wildman–Crippen LogP) is 3.71. The molecule has 0 aromatic heterocycles. The van der Waals surface area contributed by atoms with Gasteiger partial charge in [-0.2, -0.15) is 0 Å². The van der Waals surface area contributed by atoms with Gasteiger partial charge in [0, 0.05) is 23.3 Å². The first-order valence-electron chi connectivity index (χ1n) is 7.08. The Bertz CT molecular complexity index is 750. The molecule has 4 heteroatoms. The number of carbonyl (C=O) groups excluding carboxylic acids is 1. The van der Waals surface area contributed by atoms with Gasteiger partial charge in [0.25, 0.3) is 0 Å². The van der Waals surface area contributed by atoms with Crippen LogP contribution in [-0.2, 0) is 16.1 Å². The van der Waals surface area contributed by atoms with Crippen molar-refractivity contribution in [3.05, 3.63) is 71.0 Å². The minimum atomic E-state index is -0.426. The van der Waals surface area contributed by atoms with Crippen molar-refractivity contribution in [3.8, 4) is 5.75 Å². The second-order valence-corrected chi connectivity index (χ2v) is 4.90. The van der Waals surface area contributed by atoms with Crippen LogP contribution in [0, 0.1) is 5.82 Å². The maximum atomic E-state index is 13.5. The first-order valence-corrected chi connectivity index (χ1v) is 7.08. The second kappa shape index (κ2) is 6.02. The topological polar surface area (TPSA) is 35.5 Å². The van der Waals surface area contributed by atoms with Crippen molar-refractivity contribution in [2.24, 2.45) is 0 Å². The molecule has 0 saturated heterocycles. The lowest BCUT2D eigenvalue weighted by Crippen LogP contribution is -2.02. The molecular weight excluding hydrogens is 283 g/mol. The first-order chi connectivity index (χ1) is 10.7. The molecular formula is C18H15FO3. The number of esters is 1. The SMILES string of the molecule is CCOC(=O)C=C1c2ccccc2COc2cc(F)ccc21. The summed E-state index contributed by atoms with van der Waals surface area (Å²) in [4.78, 5) is 11.9. The third-order valence-electron chi connectivity index (χ3n) is 3.47. The molecule has 0 amide bonds. The van der Waals surface area contributed by atoms with Gasteiger partial charge in [-0.3, -0.25) is 0 Å². The summed E-state index contributed by atoms with van der Waals surface area (Å²) >= 11 is 0. The van der Waals surface area contributed by atoms with E-state index < -0.39 is 5.97 Å². The Hall–Kier alpha value is -2.62. The average Bonchev–Trinajstić information content (AvgIpc) is 2.65. The Labute approximate surface area is 128 Å². The Morgan fingerprint density at radius 1 is 1.27 bits per heavy atom. The van der Waals surface area contributed by atoms with Gasteiger partial charge >= 0.3 is 5.97 Å². The molecule has 0 radical (unpaired) electrons. The summed E-state index contributed by atoms with van der Waals surface area (Å²) in [7, 11) is 0. The molecule has 3 rings (SSSR count). The number of carbonyl (C=O) groups is 1. The molecule has 0 saturated carbocycles. The molecule has 0 bridgehead atoms. The molecule has 2 aromatic rings. The maximum absolute atomic E-state index is 13.5. The van der Waals surface area contributed by atoms with Crippen LogP contribution >= 0.6 is 0 Å². The van der Waals surface area contributed by atoms with Crippen LogP contribution in [0.1, 0.15) is 23.6 Å². The van der Waals surface area contributed by atoms with Gasteiger partial charge in [0.05, 0.1) is 6.61 Å². The number of hydrogen-bond donors (Lipinski definition) is 0. The fourth-order valence-electron chi connectivity index (χ4n) is 2.50. The zero-order chi connectivity index (χ0) is 15.5. The third-order valence-corrected chi connectivity index (χ3v) is 3.47. The van der Waals surface area contributed by atoms with Crippen molar-refractivity contribution in [1.82, 2.24) is 0 Å². The van der Waals surface area contributed by atoms with Crippen LogP contribution < -0.4 is 4.74 Å². The number of halogens is 1. The highest BCUT2D eigenvalue weighted by molar-refractivity contribution is 5.98. The number of hydrogen-bond acceptors (Lipinski definition) is 3. The average molecular weight is 298 g/mol. The number of ether oxygens (including phenoxy) is 2. The van der Waals surface area contributed by atoms with E-state index in [1.165, 1.54) is 18.2 Å². The molecule has 0 fully saturated rings. The third kappa shape index (κ3) is 2.72. The summed E-state index contributed by atoms with van der Waals surface area (Å²) in [6.45, 7) is 2.38. The first kappa shape index (κ1) is 14.3. The fourth-order valence-corrected chi connectivity index (χ4v) is 2.50. The predicted molar refractivity (Wildman–Crippen MR) is 80.9 cm³/mol. The lowest BCUT2D eigenvalue weighted by atomic mass is 9.94. The van der Waals surface area contributed by atoms with Gasteiger partial charge < -0.3 is 9.47 Å². The summed E-state index contributed by atoms with van der Waals surface area (Å²) in [6, 6.07) is 12.0. The number of fused-ring (bicyclic) bond motifs is 2. The standard InChI is InChI=1S/C18H15FO3/c1-2-21-18(20)10-16-14-6-4-3-5-12(14)11-22-17-9-13(19)7-8-15(16)17/h3-10H,2,11H2,1H3. The summed E-state index contributed by atoms with van der Waals surface area (Å²) in [5.41, 5.74) is 3.19. The molecule has 22 heavy (non-hydrogen) atoms. The van der Waals surface area contributed by atoms with Crippen LogP contribution in [0.25, 0.3) is 5.57 Å². The number of benzene rings is 2. The lowest BCUT2D eigenvalue weighted by molar-refractivity contribution is -0.137. The Morgan fingerprint density at radius 3 is 2.91 bits per heavy atom. The molecule has 1 aliphatic heterocycles. The molecule has 0 atom stereocenters. The molecule has 3 nitrogen and oxygen atoms in total. The van der Waals surface area contributed by atoms with Crippen LogP contribution in [0.4, 0.5) is 4.39 Å². The van der Waals surface area contributed by atoms with E-state index in [1.807, 2.05) is 24.3 Å². The maximum Gasteiger partial charge on any atom is 0.331 e. The van der Waals surface area contributed by atoms with E-state index in [0.717, 1.165) is 11.1 Å². The second-order valence-electron chi connectivity index (χ2n) is 4.90. The van der Waals surface area contributed by atoms with Gasteiger partial charge in [0.2, 0.25) is 0 Å². The molecule has 0 aliphatic carbocycles. The highest BCUT2D eigenvalue weighted by Gasteiger charge is 2.20. The smallest absolute Gasteiger partial charge is 0.331 e. The lowest BCUT2D eigenvalue weighted by Gasteiger charge is -2.10. The summed E-state index contributed by atoms with van der Waals surface area (Å²) in [6.07, 6.45) is 1.44. The van der Waals surface area contributed by atoms with Crippen molar-refractivity contribution in [2.45, 2.75) is 13.5 Å². The van der Waals surface area contributed by atoms with Gasteiger partial charge in [-0.15, -0.1) is 0 Å². The normalized spacial score (nSPS) is 14.5. The van der Waals surface area contributed by atoms with Crippen molar-refractivity contribution in [2.75, 3.05) is 6.61 Å². The molecule has 0 unspecified atom stereocenters. The summed E-state index contributed by atoms with van der Waals surface area (Å²) in [5.74, 6) is -0.378. The van der Waals surface area contributed by atoms with E-state index in [0.29, 0.717) is 30.1 Å². The van der Waals surface area contributed by atoms with Crippen molar-refractivity contribution >= 4 is 11.5 Å². The van der Waals surface area contributed by atoms with Gasteiger partial charge in [-0.05, 0) is 30.2 Å². The van der Waals surface area contributed by atoms with Crippen LogP contribution in [0.5, 0.6) is 5.75 Å². The quantitative estimate of drug-likeness (QED) is 0.626. The summed E-state index contributed by atoms with van der Waals surface area (Å²) < 4.78 is 24.2. The van der Waals surface area contributed by atoms with E-state index in [1.54, 1.807) is 13.0 Å². The Morgan fingerprint density at radius 2 is 2.09 bits per heavy atom. The van der Waals surface area contributed by atoms with Gasteiger partial charge in [0.1, 0.15) is 18.2 Å². The van der Waals surface area contributed by atoms with Crippen LogP contribution in [0.3, 0.4) is 0 Å². The molecule has 2 aromatic carbocycles. The number of rotatable bonds is 2. The molecule has 0 spiro atoms. The molecule has 0 N–H and O–H groups in total. The van der Waals surface area contributed by atoms with Crippen molar-refractivity contribution in [1.29, 1.82) is 0 Å². The largest absolute Gasteiger partial charge is 0.488 e. The highest BCUT2D eigenvalue weighted by atomic mass is 19.1. The van der Waals surface area contributed by atoms with Gasteiger partial charge in [0.15, 0.2) is 0 Å². The van der Waals surface area contributed by atoms with Crippen molar-refractivity contribution < 1.29 is 18.7 Å². The van der Waals surface area contributed by atoms with E-state index in [-0.39, 0.29) is 5.82 Å². The zero-order valence-corrected chi connectivity index (χ0v) is 12.1. The van der Waals surface area contributed by atoms with Crippen LogP contribution in [0.2, 0.25) is 0 Å². The monoisotopic (exact) mass is 298 g/mol. The highest BCUT2D eigenvalue weighted by Crippen LogP contribution is 2.37. The zero-order valence-electron chi connectivity index (χ0n) is 12.1. The molecule has 1 aliphatic rings.